The van der Waals surface area contributed by atoms with Crippen molar-refractivity contribution in [3.05, 3.63) is 35.4 Å². The van der Waals surface area contributed by atoms with Gasteiger partial charge in [-0.1, -0.05) is 25.7 Å². The van der Waals surface area contributed by atoms with E-state index in [1.165, 1.54) is 25.0 Å². The van der Waals surface area contributed by atoms with Gasteiger partial charge < -0.3 is 10.1 Å². The number of nitrogens with one attached hydrogen (secondary N) is 1. The maximum atomic E-state index is 13.9. The van der Waals surface area contributed by atoms with Crippen LogP contribution < -0.4 is 5.32 Å². The van der Waals surface area contributed by atoms with Gasteiger partial charge in [-0.2, -0.15) is 0 Å². The molecule has 0 bridgehead atoms. The summed E-state index contributed by atoms with van der Waals surface area (Å²) in [7, 11) is 0. The number of halogens is 2. The van der Waals surface area contributed by atoms with Gasteiger partial charge in [-0.15, -0.1) is 0 Å². The summed E-state index contributed by atoms with van der Waals surface area (Å²) in [4.78, 5) is 0. The SMILES string of the molecule is Fc1ccc(F)c(C2CNCC3(CCCCCC3)O2)c1. The molecule has 2 aliphatic rings. The summed E-state index contributed by atoms with van der Waals surface area (Å²) in [5, 5.41) is 3.35. The largest absolute Gasteiger partial charge is 0.364 e. The van der Waals surface area contributed by atoms with Crippen molar-refractivity contribution < 1.29 is 13.5 Å². The highest BCUT2D eigenvalue weighted by atomic mass is 19.1. The molecule has 1 aromatic carbocycles. The van der Waals surface area contributed by atoms with E-state index in [9.17, 15) is 8.78 Å². The van der Waals surface area contributed by atoms with Crippen molar-refractivity contribution in [1.82, 2.24) is 5.32 Å². The molecule has 0 amide bonds. The van der Waals surface area contributed by atoms with Crippen LogP contribution in [0.1, 0.15) is 50.2 Å². The van der Waals surface area contributed by atoms with Crippen molar-refractivity contribution in [3.8, 4) is 0 Å². The summed E-state index contributed by atoms with van der Waals surface area (Å²) in [6.45, 7) is 1.36. The molecule has 1 unspecified atom stereocenters. The predicted octanol–water partition coefficient (Wildman–Crippen LogP) is 3.72. The van der Waals surface area contributed by atoms with Crippen molar-refractivity contribution in [1.29, 1.82) is 0 Å². The molecule has 110 valence electrons. The van der Waals surface area contributed by atoms with Crippen molar-refractivity contribution in [2.75, 3.05) is 13.1 Å². The van der Waals surface area contributed by atoms with E-state index in [-0.39, 0.29) is 11.4 Å². The van der Waals surface area contributed by atoms with Gasteiger partial charge in [0.25, 0.3) is 0 Å². The van der Waals surface area contributed by atoms with E-state index in [4.69, 9.17) is 4.74 Å². The van der Waals surface area contributed by atoms with Crippen molar-refractivity contribution in [2.45, 2.75) is 50.2 Å². The number of rotatable bonds is 1. The van der Waals surface area contributed by atoms with E-state index in [1.54, 1.807) is 0 Å². The fourth-order valence-electron chi connectivity index (χ4n) is 3.42. The van der Waals surface area contributed by atoms with Crippen LogP contribution >= 0.6 is 0 Å². The first-order chi connectivity index (χ1) is 9.69. The second-order valence-electron chi connectivity index (χ2n) is 6.00. The smallest absolute Gasteiger partial charge is 0.129 e. The Morgan fingerprint density at radius 1 is 1.10 bits per heavy atom. The summed E-state index contributed by atoms with van der Waals surface area (Å²) < 4.78 is 33.5. The summed E-state index contributed by atoms with van der Waals surface area (Å²) in [5.41, 5.74) is 0.138. The molecule has 1 aromatic rings. The Bertz CT molecular complexity index is 470. The summed E-state index contributed by atoms with van der Waals surface area (Å²) >= 11 is 0. The van der Waals surface area contributed by atoms with Gasteiger partial charge in [-0.05, 0) is 31.0 Å². The van der Waals surface area contributed by atoms with Gasteiger partial charge in [0.15, 0.2) is 0 Å². The first kappa shape index (κ1) is 14.0. The third kappa shape index (κ3) is 2.86. The Morgan fingerprint density at radius 3 is 2.60 bits per heavy atom. The Hall–Kier alpha value is -1.00. The van der Waals surface area contributed by atoms with Crippen LogP contribution in [0, 0.1) is 11.6 Å². The van der Waals surface area contributed by atoms with E-state index in [0.717, 1.165) is 38.3 Å². The molecule has 0 radical (unpaired) electrons. The highest BCUT2D eigenvalue weighted by Gasteiger charge is 2.38. The van der Waals surface area contributed by atoms with Crippen LogP contribution in [-0.4, -0.2) is 18.7 Å². The molecular weight excluding hydrogens is 260 g/mol. The molecule has 1 N–H and O–H groups in total. The normalized spacial score (nSPS) is 26.4. The molecule has 1 atom stereocenters. The molecular formula is C16H21F2NO. The second kappa shape index (κ2) is 5.78. The maximum absolute atomic E-state index is 13.9. The van der Waals surface area contributed by atoms with Crippen molar-refractivity contribution >= 4 is 0 Å². The Balaban J connectivity index is 1.82. The van der Waals surface area contributed by atoms with Crippen LogP contribution in [0.3, 0.4) is 0 Å². The van der Waals surface area contributed by atoms with E-state index in [1.807, 2.05) is 0 Å². The predicted molar refractivity (Wildman–Crippen MR) is 73.5 cm³/mol. The third-order valence-electron chi connectivity index (χ3n) is 4.49. The van der Waals surface area contributed by atoms with Crippen LogP contribution in [0.4, 0.5) is 8.78 Å². The van der Waals surface area contributed by atoms with Crippen LogP contribution in [0.25, 0.3) is 0 Å². The molecule has 4 heteroatoms. The quantitative estimate of drug-likeness (QED) is 0.847. The molecule has 3 rings (SSSR count). The lowest BCUT2D eigenvalue weighted by atomic mass is 9.91. The highest BCUT2D eigenvalue weighted by Crippen LogP contribution is 2.37. The Labute approximate surface area is 118 Å². The second-order valence-corrected chi connectivity index (χ2v) is 6.00. The zero-order valence-corrected chi connectivity index (χ0v) is 11.6. The van der Waals surface area contributed by atoms with Gasteiger partial charge in [0.2, 0.25) is 0 Å². The van der Waals surface area contributed by atoms with Gasteiger partial charge in [0.05, 0.1) is 11.7 Å². The van der Waals surface area contributed by atoms with Gasteiger partial charge >= 0.3 is 0 Å². The number of hydrogen-bond acceptors (Lipinski definition) is 2. The number of hydrogen-bond donors (Lipinski definition) is 1. The van der Waals surface area contributed by atoms with E-state index in [0.29, 0.717) is 12.1 Å². The van der Waals surface area contributed by atoms with Crippen molar-refractivity contribution in [3.63, 3.8) is 0 Å². The minimum absolute atomic E-state index is 0.196. The van der Waals surface area contributed by atoms with Gasteiger partial charge in [-0.3, -0.25) is 0 Å². The molecule has 0 aromatic heterocycles. The first-order valence-corrected chi connectivity index (χ1v) is 7.52. The number of benzene rings is 1. The number of morpholine rings is 1. The number of ether oxygens (including phenoxy) is 1. The summed E-state index contributed by atoms with van der Waals surface area (Å²) in [5.74, 6) is -0.797. The van der Waals surface area contributed by atoms with Crippen LogP contribution in [-0.2, 0) is 4.74 Å². The Kier molecular flexibility index (Phi) is 4.03. The van der Waals surface area contributed by atoms with Crippen molar-refractivity contribution in [2.24, 2.45) is 0 Å². The van der Waals surface area contributed by atoms with E-state index >= 15 is 0 Å². The molecule has 2 fully saturated rings. The van der Waals surface area contributed by atoms with E-state index in [2.05, 4.69) is 5.32 Å². The summed E-state index contributed by atoms with van der Waals surface area (Å²) in [6, 6.07) is 3.59. The topological polar surface area (TPSA) is 21.3 Å². The molecule has 1 heterocycles. The van der Waals surface area contributed by atoms with Gasteiger partial charge in [0, 0.05) is 18.7 Å². The zero-order valence-electron chi connectivity index (χ0n) is 11.6. The average Bonchev–Trinajstić information content (AvgIpc) is 2.67. The van der Waals surface area contributed by atoms with Gasteiger partial charge in [0.1, 0.15) is 11.6 Å². The fourth-order valence-corrected chi connectivity index (χ4v) is 3.42. The van der Waals surface area contributed by atoms with Crippen LogP contribution in [0.15, 0.2) is 18.2 Å². The lowest BCUT2D eigenvalue weighted by Crippen LogP contribution is -2.50. The maximum Gasteiger partial charge on any atom is 0.129 e. The lowest BCUT2D eigenvalue weighted by Gasteiger charge is -2.41. The van der Waals surface area contributed by atoms with E-state index < -0.39 is 11.9 Å². The molecule has 1 aliphatic heterocycles. The van der Waals surface area contributed by atoms with Crippen LogP contribution in [0.5, 0.6) is 0 Å². The average molecular weight is 281 g/mol. The summed E-state index contributed by atoms with van der Waals surface area (Å²) in [6.07, 6.45) is 6.41. The minimum Gasteiger partial charge on any atom is -0.364 e. The molecule has 2 nitrogen and oxygen atoms in total. The fraction of sp³-hybridized carbons (Fsp3) is 0.625. The molecule has 1 spiro atoms. The minimum atomic E-state index is -0.412. The molecule has 1 aliphatic carbocycles. The van der Waals surface area contributed by atoms with Gasteiger partial charge in [-0.25, -0.2) is 8.78 Å². The molecule has 1 saturated heterocycles. The van der Waals surface area contributed by atoms with Crippen LogP contribution in [0.2, 0.25) is 0 Å². The lowest BCUT2D eigenvalue weighted by molar-refractivity contribution is -0.127. The molecule has 20 heavy (non-hydrogen) atoms. The third-order valence-corrected chi connectivity index (χ3v) is 4.49. The first-order valence-electron chi connectivity index (χ1n) is 7.52. The molecule has 1 saturated carbocycles. The standard InChI is InChI=1S/C16H21F2NO/c17-12-5-6-14(18)13(9-12)15-10-19-11-16(20-15)7-3-1-2-4-8-16/h5-6,9,15,19H,1-4,7-8,10-11H2. The monoisotopic (exact) mass is 281 g/mol. The zero-order chi connectivity index (χ0) is 14.0. The Morgan fingerprint density at radius 2 is 1.85 bits per heavy atom. The highest BCUT2D eigenvalue weighted by molar-refractivity contribution is 5.22.